The number of carbonyl (C=O) groups excluding carboxylic acids is 1. The summed E-state index contributed by atoms with van der Waals surface area (Å²) in [5.74, 6) is -0.279. The van der Waals surface area contributed by atoms with Crippen molar-refractivity contribution in [1.29, 1.82) is 0 Å². The molecule has 0 saturated heterocycles. The summed E-state index contributed by atoms with van der Waals surface area (Å²) >= 11 is 0. The zero-order valence-corrected chi connectivity index (χ0v) is 7.55. The quantitative estimate of drug-likeness (QED) is 0.612. The van der Waals surface area contributed by atoms with Crippen LogP contribution < -0.4 is 0 Å². The molecule has 0 amide bonds. The molecule has 0 aliphatic rings. The lowest BCUT2D eigenvalue weighted by atomic mass is 9.97. The van der Waals surface area contributed by atoms with Gasteiger partial charge < -0.3 is 9.84 Å². The number of hydrogen-bond donors (Lipinski definition) is 1. The molecule has 1 atom stereocenters. The Hall–Kier alpha value is -0.570. The minimum Gasteiger partial charge on any atom is -0.460 e. The van der Waals surface area contributed by atoms with E-state index in [1.165, 1.54) is 0 Å². The molecule has 0 heterocycles. The first-order chi connectivity index (χ1) is 4.88. The summed E-state index contributed by atoms with van der Waals surface area (Å²) in [5, 5.41) is 8.57. The SMILES string of the molecule is CC(CO)OC(=O)C(C)(C)C. The van der Waals surface area contributed by atoms with Gasteiger partial charge in [0.15, 0.2) is 0 Å². The molecule has 0 aromatic heterocycles. The van der Waals surface area contributed by atoms with E-state index in [2.05, 4.69) is 0 Å². The third-order valence-corrected chi connectivity index (χ3v) is 1.18. The number of aliphatic hydroxyl groups is 1. The molecule has 0 spiro atoms. The summed E-state index contributed by atoms with van der Waals surface area (Å²) in [6, 6.07) is 0. The molecule has 0 saturated carbocycles. The van der Waals surface area contributed by atoms with E-state index in [-0.39, 0.29) is 12.6 Å². The lowest BCUT2D eigenvalue weighted by Gasteiger charge is -2.19. The molecule has 3 nitrogen and oxygen atoms in total. The van der Waals surface area contributed by atoms with Gasteiger partial charge in [-0.15, -0.1) is 0 Å². The van der Waals surface area contributed by atoms with Crippen LogP contribution in [-0.4, -0.2) is 23.8 Å². The van der Waals surface area contributed by atoms with Crippen LogP contribution in [0.3, 0.4) is 0 Å². The highest BCUT2D eigenvalue weighted by Gasteiger charge is 2.24. The van der Waals surface area contributed by atoms with Crippen LogP contribution in [0, 0.1) is 5.41 Å². The van der Waals surface area contributed by atoms with Crippen molar-refractivity contribution < 1.29 is 14.6 Å². The molecule has 0 aromatic carbocycles. The van der Waals surface area contributed by atoms with Gasteiger partial charge in [0.25, 0.3) is 0 Å². The van der Waals surface area contributed by atoms with E-state index in [0.717, 1.165) is 0 Å². The minimum absolute atomic E-state index is 0.123. The first-order valence-electron chi connectivity index (χ1n) is 3.70. The molecule has 0 radical (unpaired) electrons. The second-order valence-corrected chi connectivity index (χ2v) is 3.65. The lowest BCUT2D eigenvalue weighted by Crippen LogP contribution is -2.28. The zero-order chi connectivity index (χ0) is 9.07. The predicted octanol–water partition coefficient (Wildman–Crippen LogP) is 0.957. The van der Waals surface area contributed by atoms with Gasteiger partial charge >= 0.3 is 5.97 Å². The van der Waals surface area contributed by atoms with E-state index in [1.807, 2.05) is 0 Å². The molecule has 0 aliphatic carbocycles. The standard InChI is InChI=1S/C8H16O3/c1-6(5-9)11-7(10)8(2,3)4/h6,9H,5H2,1-4H3. The van der Waals surface area contributed by atoms with Gasteiger partial charge in [0, 0.05) is 0 Å². The summed E-state index contributed by atoms with van der Waals surface area (Å²) in [5.41, 5.74) is -0.483. The molecule has 1 N–H and O–H groups in total. The van der Waals surface area contributed by atoms with Gasteiger partial charge in [0.1, 0.15) is 6.10 Å². The van der Waals surface area contributed by atoms with Crippen molar-refractivity contribution in [3.05, 3.63) is 0 Å². The van der Waals surface area contributed by atoms with Crippen molar-refractivity contribution in [2.24, 2.45) is 5.41 Å². The van der Waals surface area contributed by atoms with Crippen LogP contribution >= 0.6 is 0 Å². The second-order valence-electron chi connectivity index (χ2n) is 3.65. The van der Waals surface area contributed by atoms with Crippen LogP contribution in [0.2, 0.25) is 0 Å². The van der Waals surface area contributed by atoms with Crippen molar-refractivity contribution in [3.8, 4) is 0 Å². The Morgan fingerprint density at radius 1 is 1.55 bits per heavy atom. The minimum atomic E-state index is -0.483. The van der Waals surface area contributed by atoms with E-state index in [0.29, 0.717) is 0 Å². The average molecular weight is 160 g/mol. The van der Waals surface area contributed by atoms with Crippen LogP contribution in [0.25, 0.3) is 0 Å². The topological polar surface area (TPSA) is 46.5 Å². The third-order valence-electron chi connectivity index (χ3n) is 1.18. The number of carbonyl (C=O) groups is 1. The Bertz CT molecular complexity index is 135. The molecule has 0 bridgehead atoms. The van der Waals surface area contributed by atoms with E-state index in [9.17, 15) is 4.79 Å². The Balaban J connectivity index is 3.88. The maximum Gasteiger partial charge on any atom is 0.311 e. The highest BCUT2D eigenvalue weighted by Crippen LogP contribution is 2.15. The van der Waals surface area contributed by atoms with Crippen molar-refractivity contribution >= 4 is 5.97 Å². The smallest absolute Gasteiger partial charge is 0.311 e. The fourth-order valence-corrected chi connectivity index (χ4v) is 0.397. The first kappa shape index (κ1) is 10.4. The first-order valence-corrected chi connectivity index (χ1v) is 3.70. The van der Waals surface area contributed by atoms with Crippen LogP contribution in [0.15, 0.2) is 0 Å². The third kappa shape index (κ3) is 3.98. The maximum atomic E-state index is 11.1. The van der Waals surface area contributed by atoms with Crippen LogP contribution in [0.5, 0.6) is 0 Å². The number of rotatable bonds is 2. The Kier molecular flexibility index (Phi) is 3.52. The molecule has 0 aliphatic heterocycles. The molecule has 0 fully saturated rings. The van der Waals surface area contributed by atoms with Gasteiger partial charge in [-0.25, -0.2) is 0 Å². The van der Waals surface area contributed by atoms with E-state index in [1.54, 1.807) is 27.7 Å². The highest BCUT2D eigenvalue weighted by molar-refractivity contribution is 5.75. The van der Waals surface area contributed by atoms with Gasteiger partial charge in [-0.2, -0.15) is 0 Å². The fourth-order valence-electron chi connectivity index (χ4n) is 0.397. The van der Waals surface area contributed by atoms with Crippen molar-refractivity contribution in [2.75, 3.05) is 6.61 Å². The van der Waals surface area contributed by atoms with E-state index < -0.39 is 11.5 Å². The van der Waals surface area contributed by atoms with E-state index >= 15 is 0 Å². The molecule has 1 unspecified atom stereocenters. The lowest BCUT2D eigenvalue weighted by molar-refractivity contribution is -0.159. The molecule has 11 heavy (non-hydrogen) atoms. The molecular weight excluding hydrogens is 144 g/mol. The Morgan fingerprint density at radius 2 is 2.00 bits per heavy atom. The van der Waals surface area contributed by atoms with Crippen molar-refractivity contribution in [1.82, 2.24) is 0 Å². The Morgan fingerprint density at radius 3 is 2.27 bits per heavy atom. The normalized spacial score (nSPS) is 14.3. The largest absolute Gasteiger partial charge is 0.460 e. The summed E-state index contributed by atoms with van der Waals surface area (Å²) in [6.07, 6.45) is -0.401. The molecule has 0 aromatic rings. The molecule has 3 heteroatoms. The summed E-state index contributed by atoms with van der Waals surface area (Å²) in [6.45, 7) is 6.86. The fraction of sp³-hybridized carbons (Fsp3) is 0.875. The maximum absolute atomic E-state index is 11.1. The monoisotopic (exact) mass is 160 g/mol. The number of aliphatic hydroxyl groups excluding tert-OH is 1. The van der Waals surface area contributed by atoms with Gasteiger partial charge in [-0.05, 0) is 27.7 Å². The average Bonchev–Trinajstić information content (AvgIpc) is 1.85. The van der Waals surface area contributed by atoms with E-state index in [4.69, 9.17) is 9.84 Å². The molecule has 0 rings (SSSR count). The van der Waals surface area contributed by atoms with Gasteiger partial charge in [0.2, 0.25) is 0 Å². The van der Waals surface area contributed by atoms with Crippen LogP contribution in [-0.2, 0) is 9.53 Å². The second kappa shape index (κ2) is 3.72. The number of hydrogen-bond acceptors (Lipinski definition) is 3. The van der Waals surface area contributed by atoms with Gasteiger partial charge in [-0.3, -0.25) is 4.79 Å². The highest BCUT2D eigenvalue weighted by atomic mass is 16.6. The van der Waals surface area contributed by atoms with Crippen molar-refractivity contribution in [2.45, 2.75) is 33.8 Å². The molecule has 66 valence electrons. The summed E-state index contributed by atoms with van der Waals surface area (Å²) < 4.78 is 4.88. The van der Waals surface area contributed by atoms with Crippen molar-refractivity contribution in [3.63, 3.8) is 0 Å². The summed E-state index contributed by atoms with van der Waals surface area (Å²) in [4.78, 5) is 11.1. The van der Waals surface area contributed by atoms with Gasteiger partial charge in [-0.1, -0.05) is 0 Å². The van der Waals surface area contributed by atoms with Crippen LogP contribution in [0.1, 0.15) is 27.7 Å². The number of esters is 1. The van der Waals surface area contributed by atoms with Crippen LogP contribution in [0.4, 0.5) is 0 Å². The molecular formula is C8H16O3. The summed E-state index contributed by atoms with van der Waals surface area (Å²) in [7, 11) is 0. The Labute approximate surface area is 67.4 Å². The zero-order valence-electron chi connectivity index (χ0n) is 7.55. The predicted molar refractivity (Wildman–Crippen MR) is 42.1 cm³/mol. The van der Waals surface area contributed by atoms with Gasteiger partial charge in [0.05, 0.1) is 12.0 Å². The number of ether oxygens (including phenoxy) is 1.